The highest BCUT2D eigenvalue weighted by atomic mass is 32.1. The SMILES string of the molecule is COC(=O)N[C@H](C(=O)N[C@@H](Cc1ccc(-c2ccccn2)cc1)C[C@H](O)[C@H](Cc1ccccc1)NC(=O)[C@@H](N1CCN(Cc2csc(C)n2)C1=O)C(C)(C)C)C(C)(C)C. The second-order valence-electron chi connectivity index (χ2n) is 17.4. The van der Waals surface area contributed by atoms with E-state index in [1.165, 1.54) is 18.4 Å². The molecule has 13 nitrogen and oxygen atoms in total. The monoisotopic (exact) mass is 825 g/mol. The van der Waals surface area contributed by atoms with E-state index in [4.69, 9.17) is 4.74 Å². The lowest BCUT2D eigenvalue weighted by Gasteiger charge is -2.38. The number of aliphatic hydroxyl groups excluding tert-OH is 1. The number of rotatable bonds is 16. The van der Waals surface area contributed by atoms with Gasteiger partial charge in [-0.2, -0.15) is 0 Å². The second kappa shape index (κ2) is 19.6. The van der Waals surface area contributed by atoms with Crippen molar-refractivity contribution in [3.05, 3.63) is 106 Å². The van der Waals surface area contributed by atoms with Crippen molar-refractivity contribution >= 4 is 35.3 Å². The number of nitrogens with one attached hydrogen (secondary N) is 3. The molecule has 1 saturated heterocycles. The number of ether oxygens (including phenoxy) is 1. The number of carbonyl (C=O) groups excluding carboxylic acids is 4. The van der Waals surface area contributed by atoms with Crippen LogP contribution in [0, 0.1) is 17.8 Å². The summed E-state index contributed by atoms with van der Waals surface area (Å²) >= 11 is 1.53. The molecule has 0 aliphatic carbocycles. The summed E-state index contributed by atoms with van der Waals surface area (Å²) in [6, 6.07) is 19.7. The molecule has 316 valence electrons. The quantitative estimate of drug-likeness (QED) is 0.105. The molecule has 1 aliphatic rings. The normalized spacial score (nSPS) is 15.8. The molecule has 2 aromatic heterocycles. The summed E-state index contributed by atoms with van der Waals surface area (Å²) in [6.45, 7) is 14.4. The molecular weight excluding hydrogens is 767 g/mol. The van der Waals surface area contributed by atoms with Crippen molar-refractivity contribution in [3.8, 4) is 11.3 Å². The molecule has 59 heavy (non-hydrogen) atoms. The maximum Gasteiger partial charge on any atom is 0.407 e. The lowest BCUT2D eigenvalue weighted by Crippen LogP contribution is -2.59. The largest absolute Gasteiger partial charge is 0.453 e. The van der Waals surface area contributed by atoms with Gasteiger partial charge in [0.1, 0.15) is 12.1 Å². The van der Waals surface area contributed by atoms with Crippen molar-refractivity contribution in [1.29, 1.82) is 0 Å². The van der Waals surface area contributed by atoms with Gasteiger partial charge in [-0.25, -0.2) is 14.6 Å². The molecule has 2 aromatic carbocycles. The van der Waals surface area contributed by atoms with E-state index in [1.54, 1.807) is 16.0 Å². The molecule has 14 heteroatoms. The predicted octanol–water partition coefficient (Wildman–Crippen LogP) is 6.14. The van der Waals surface area contributed by atoms with Crippen molar-refractivity contribution < 1.29 is 29.0 Å². The van der Waals surface area contributed by atoms with Crippen LogP contribution in [0.3, 0.4) is 0 Å². The third-order valence-electron chi connectivity index (χ3n) is 10.5. The van der Waals surface area contributed by atoms with E-state index in [-0.39, 0.29) is 18.4 Å². The Labute approximate surface area is 352 Å². The zero-order chi connectivity index (χ0) is 42.9. The highest BCUT2D eigenvalue weighted by molar-refractivity contribution is 7.09. The van der Waals surface area contributed by atoms with Gasteiger partial charge in [0.05, 0.1) is 42.2 Å². The standard InChI is InChI=1S/C45H59N7O6S/c1-29-47-34(28-59-29)27-51-22-23-52(43(51)57)39(45(5,6)7)41(55)49-36(25-30-14-10-9-11-15-30)37(53)26-33(48-40(54)38(44(2,3)4)50-42(56)58-8)24-31-17-19-32(20-18-31)35-16-12-13-21-46-35/h9-21,28,33,36-39,53H,22-27H2,1-8H3,(H,48,54)(H,49,55)(H,50,56)/t33-,36-,37-,38+,39+/m0/s1. The van der Waals surface area contributed by atoms with Crippen molar-refractivity contribution in [2.45, 2.75) is 105 Å². The molecule has 0 unspecified atom stereocenters. The number of methoxy groups -OCH3 is 1. The van der Waals surface area contributed by atoms with Gasteiger partial charge in [0.15, 0.2) is 0 Å². The Balaban J connectivity index is 1.41. The summed E-state index contributed by atoms with van der Waals surface area (Å²) in [4.78, 5) is 67.1. The molecule has 0 spiro atoms. The zero-order valence-electron chi connectivity index (χ0n) is 35.4. The summed E-state index contributed by atoms with van der Waals surface area (Å²) in [5, 5.41) is 24.0. The minimum absolute atomic E-state index is 0.0598. The number of urea groups is 1. The number of benzene rings is 2. The number of nitrogens with zero attached hydrogens (tertiary/aromatic N) is 4. The van der Waals surface area contributed by atoms with Gasteiger partial charge in [-0.15, -0.1) is 11.3 Å². The van der Waals surface area contributed by atoms with Gasteiger partial charge in [0.25, 0.3) is 0 Å². The van der Waals surface area contributed by atoms with E-state index >= 15 is 0 Å². The van der Waals surface area contributed by atoms with Crippen LogP contribution in [0.4, 0.5) is 9.59 Å². The van der Waals surface area contributed by atoms with Crippen LogP contribution in [-0.4, -0.2) is 99.3 Å². The van der Waals surface area contributed by atoms with Crippen molar-refractivity contribution in [2.24, 2.45) is 10.8 Å². The lowest BCUT2D eigenvalue weighted by atomic mass is 9.84. The predicted molar refractivity (Wildman–Crippen MR) is 229 cm³/mol. The minimum Gasteiger partial charge on any atom is -0.453 e. The summed E-state index contributed by atoms with van der Waals surface area (Å²) < 4.78 is 4.84. The fourth-order valence-corrected chi connectivity index (χ4v) is 8.10. The first-order valence-electron chi connectivity index (χ1n) is 20.1. The first-order valence-corrected chi connectivity index (χ1v) is 20.9. The van der Waals surface area contributed by atoms with Crippen LogP contribution in [0.1, 0.15) is 69.8 Å². The molecule has 1 fully saturated rings. The highest BCUT2D eigenvalue weighted by Crippen LogP contribution is 2.30. The Morgan fingerprint density at radius 2 is 1.53 bits per heavy atom. The molecule has 3 heterocycles. The number of carbonyl (C=O) groups is 4. The number of amides is 5. The van der Waals surface area contributed by atoms with Gasteiger partial charge in [-0.05, 0) is 60.3 Å². The van der Waals surface area contributed by atoms with Crippen molar-refractivity contribution in [2.75, 3.05) is 20.2 Å². The molecule has 0 bridgehead atoms. The van der Waals surface area contributed by atoms with Crippen LogP contribution in [0.25, 0.3) is 11.3 Å². The molecule has 0 radical (unpaired) electrons. The van der Waals surface area contributed by atoms with E-state index in [1.807, 2.05) is 127 Å². The van der Waals surface area contributed by atoms with Crippen LogP contribution in [-0.2, 0) is 33.7 Å². The minimum atomic E-state index is -1.14. The van der Waals surface area contributed by atoms with Crippen LogP contribution in [0.5, 0.6) is 0 Å². The van der Waals surface area contributed by atoms with Crippen LogP contribution in [0.15, 0.2) is 84.4 Å². The number of hydrogen-bond acceptors (Lipinski definition) is 9. The Kier molecular flexibility index (Phi) is 14.9. The maximum atomic E-state index is 14.6. The first-order chi connectivity index (χ1) is 27.9. The number of pyridine rings is 1. The fraction of sp³-hybridized carbons (Fsp3) is 0.467. The van der Waals surface area contributed by atoms with Crippen LogP contribution >= 0.6 is 11.3 Å². The first kappa shape index (κ1) is 44.8. The Bertz CT molecular complexity index is 2010. The summed E-state index contributed by atoms with van der Waals surface area (Å²) in [6.07, 6.45) is 0.553. The molecule has 1 aliphatic heterocycles. The number of alkyl carbamates (subject to hydrolysis) is 1. The van der Waals surface area contributed by atoms with Gasteiger partial charge in [-0.1, -0.05) is 102 Å². The second-order valence-corrected chi connectivity index (χ2v) is 18.5. The summed E-state index contributed by atoms with van der Waals surface area (Å²) in [7, 11) is 1.24. The topological polar surface area (TPSA) is 166 Å². The van der Waals surface area contributed by atoms with E-state index in [0.717, 1.165) is 33.1 Å². The number of aromatic nitrogens is 2. The van der Waals surface area contributed by atoms with E-state index in [9.17, 15) is 24.3 Å². The number of aryl methyl sites for hydroxylation is 1. The summed E-state index contributed by atoms with van der Waals surface area (Å²) in [5.74, 6) is -0.815. The molecular formula is C45H59N7O6S. The van der Waals surface area contributed by atoms with E-state index in [0.29, 0.717) is 32.5 Å². The molecule has 5 amide bonds. The molecule has 5 rings (SSSR count). The van der Waals surface area contributed by atoms with Gasteiger partial charge in [0.2, 0.25) is 11.8 Å². The maximum absolute atomic E-state index is 14.6. The van der Waals surface area contributed by atoms with Gasteiger partial charge in [-0.3, -0.25) is 14.6 Å². The highest BCUT2D eigenvalue weighted by Gasteiger charge is 2.44. The van der Waals surface area contributed by atoms with Crippen LogP contribution < -0.4 is 16.0 Å². The van der Waals surface area contributed by atoms with Crippen molar-refractivity contribution in [1.82, 2.24) is 35.7 Å². The van der Waals surface area contributed by atoms with Crippen molar-refractivity contribution in [3.63, 3.8) is 0 Å². The zero-order valence-corrected chi connectivity index (χ0v) is 36.2. The Hall–Kier alpha value is -5.34. The number of hydrogen-bond donors (Lipinski definition) is 4. The Morgan fingerprint density at radius 3 is 2.12 bits per heavy atom. The van der Waals surface area contributed by atoms with Gasteiger partial charge in [0, 0.05) is 36.3 Å². The molecule has 4 aromatic rings. The summed E-state index contributed by atoms with van der Waals surface area (Å²) in [5.41, 5.74) is 3.03. The molecule has 5 atom stereocenters. The third kappa shape index (κ3) is 12.3. The average molecular weight is 826 g/mol. The Morgan fingerprint density at radius 1 is 0.847 bits per heavy atom. The lowest BCUT2D eigenvalue weighted by molar-refractivity contribution is -0.131. The average Bonchev–Trinajstić information content (AvgIpc) is 3.76. The van der Waals surface area contributed by atoms with Gasteiger partial charge < -0.3 is 35.6 Å². The molecule has 0 saturated carbocycles. The third-order valence-corrected chi connectivity index (χ3v) is 11.3. The van der Waals surface area contributed by atoms with E-state index < -0.39 is 53.1 Å². The molecule has 4 N–H and O–H groups in total. The van der Waals surface area contributed by atoms with Crippen LogP contribution in [0.2, 0.25) is 0 Å². The number of thiazole rings is 1. The fourth-order valence-electron chi connectivity index (χ4n) is 7.49. The number of aliphatic hydroxyl groups is 1. The van der Waals surface area contributed by atoms with Gasteiger partial charge >= 0.3 is 12.1 Å². The van der Waals surface area contributed by atoms with E-state index in [2.05, 4.69) is 25.9 Å². The smallest absolute Gasteiger partial charge is 0.407 e.